The van der Waals surface area contributed by atoms with Crippen molar-refractivity contribution in [3.63, 3.8) is 0 Å². The maximum absolute atomic E-state index is 13.1. The SMILES string of the molecule is C[C@H]1CC[C@H](c2ccc(OC3CCOC3)cc2)N(C(=O)C(=O)Nc2cncc(C(N)=O)c2)C1. The lowest BCUT2D eigenvalue weighted by Gasteiger charge is -2.38. The highest BCUT2D eigenvalue weighted by Gasteiger charge is 2.34. The first kappa shape index (κ1) is 22.7. The van der Waals surface area contributed by atoms with Gasteiger partial charge in [-0.25, -0.2) is 0 Å². The maximum Gasteiger partial charge on any atom is 0.313 e. The number of aromatic nitrogens is 1. The minimum absolute atomic E-state index is 0.0655. The molecule has 2 aromatic rings. The Labute approximate surface area is 192 Å². The van der Waals surface area contributed by atoms with Gasteiger partial charge < -0.3 is 25.4 Å². The summed E-state index contributed by atoms with van der Waals surface area (Å²) in [5.41, 5.74) is 6.61. The number of benzene rings is 1. The highest BCUT2D eigenvalue weighted by Crippen LogP contribution is 2.34. The quantitative estimate of drug-likeness (QED) is 0.671. The summed E-state index contributed by atoms with van der Waals surface area (Å²) in [5.74, 6) is -1.03. The van der Waals surface area contributed by atoms with Gasteiger partial charge in [0, 0.05) is 19.2 Å². The number of hydrogen-bond acceptors (Lipinski definition) is 6. The van der Waals surface area contributed by atoms with E-state index >= 15 is 0 Å². The highest BCUT2D eigenvalue weighted by atomic mass is 16.5. The number of rotatable bonds is 5. The molecule has 2 aliphatic heterocycles. The molecule has 9 heteroatoms. The summed E-state index contributed by atoms with van der Waals surface area (Å²) in [6.45, 7) is 3.85. The molecule has 1 aromatic carbocycles. The molecule has 2 saturated heterocycles. The van der Waals surface area contributed by atoms with Gasteiger partial charge in [0.1, 0.15) is 11.9 Å². The molecule has 3 N–H and O–H groups in total. The Morgan fingerprint density at radius 2 is 1.94 bits per heavy atom. The van der Waals surface area contributed by atoms with E-state index in [0.29, 0.717) is 19.8 Å². The fraction of sp³-hybridized carbons (Fsp3) is 0.417. The minimum atomic E-state index is -0.779. The lowest BCUT2D eigenvalue weighted by Crippen LogP contribution is -2.46. The number of carbonyl (C=O) groups excluding carboxylic acids is 3. The van der Waals surface area contributed by atoms with Crippen molar-refractivity contribution in [3.05, 3.63) is 53.9 Å². The van der Waals surface area contributed by atoms with Crippen molar-refractivity contribution in [2.45, 2.75) is 38.3 Å². The molecule has 1 unspecified atom stereocenters. The van der Waals surface area contributed by atoms with Crippen LogP contribution >= 0.6 is 0 Å². The van der Waals surface area contributed by atoms with Gasteiger partial charge in [0.15, 0.2) is 0 Å². The Hall–Kier alpha value is -3.46. The van der Waals surface area contributed by atoms with Crippen molar-refractivity contribution in [1.82, 2.24) is 9.88 Å². The van der Waals surface area contributed by atoms with Gasteiger partial charge in [-0.1, -0.05) is 19.1 Å². The maximum atomic E-state index is 13.1. The van der Waals surface area contributed by atoms with Crippen molar-refractivity contribution in [2.24, 2.45) is 11.7 Å². The molecule has 3 atom stereocenters. The Morgan fingerprint density at radius 3 is 2.64 bits per heavy atom. The van der Waals surface area contributed by atoms with Gasteiger partial charge in [-0.05, 0) is 42.5 Å². The first-order chi connectivity index (χ1) is 15.9. The van der Waals surface area contributed by atoms with Gasteiger partial charge in [0.05, 0.1) is 36.7 Å². The van der Waals surface area contributed by atoms with Crippen LogP contribution in [0.1, 0.15) is 48.1 Å². The Kier molecular flexibility index (Phi) is 6.88. The van der Waals surface area contributed by atoms with Gasteiger partial charge in [-0.15, -0.1) is 0 Å². The number of primary amides is 1. The fourth-order valence-corrected chi connectivity index (χ4v) is 4.25. The smallest absolute Gasteiger partial charge is 0.313 e. The van der Waals surface area contributed by atoms with Gasteiger partial charge in [-0.3, -0.25) is 19.4 Å². The van der Waals surface area contributed by atoms with Crippen LogP contribution in [0.5, 0.6) is 5.75 Å². The van der Waals surface area contributed by atoms with Crippen LogP contribution in [0, 0.1) is 5.92 Å². The number of amides is 3. The minimum Gasteiger partial charge on any atom is -0.488 e. The standard InChI is InChI=1S/C24H28N4O5/c1-15-2-7-21(16-3-5-19(6-4-16)33-20-8-9-32-14-20)28(13-15)24(31)23(30)27-18-10-17(22(25)29)11-26-12-18/h3-6,10-12,15,20-21H,2,7-9,13-14H2,1H3,(H2,25,29)(H,27,30)/t15-,20?,21+/m0/s1. The van der Waals surface area contributed by atoms with Crippen LogP contribution in [0.15, 0.2) is 42.7 Å². The van der Waals surface area contributed by atoms with Crippen LogP contribution in [-0.4, -0.2) is 53.5 Å². The van der Waals surface area contributed by atoms with Crippen molar-refractivity contribution in [1.29, 1.82) is 0 Å². The van der Waals surface area contributed by atoms with Crippen LogP contribution in [-0.2, 0) is 14.3 Å². The van der Waals surface area contributed by atoms with E-state index in [1.807, 2.05) is 24.3 Å². The zero-order valence-electron chi connectivity index (χ0n) is 18.5. The van der Waals surface area contributed by atoms with Gasteiger partial charge in [-0.2, -0.15) is 0 Å². The molecule has 2 fully saturated rings. The zero-order valence-corrected chi connectivity index (χ0v) is 18.5. The normalized spacial score (nSPS) is 22.6. The first-order valence-corrected chi connectivity index (χ1v) is 11.1. The molecule has 1 aromatic heterocycles. The molecule has 33 heavy (non-hydrogen) atoms. The summed E-state index contributed by atoms with van der Waals surface area (Å²) < 4.78 is 11.3. The van der Waals surface area contributed by atoms with Crippen molar-refractivity contribution < 1.29 is 23.9 Å². The van der Waals surface area contributed by atoms with E-state index in [0.717, 1.165) is 30.6 Å². The molecule has 0 bridgehead atoms. The number of carbonyl (C=O) groups is 3. The number of hydrogen-bond donors (Lipinski definition) is 2. The molecule has 0 spiro atoms. The van der Waals surface area contributed by atoms with Crippen molar-refractivity contribution >= 4 is 23.4 Å². The number of pyridine rings is 1. The molecule has 3 heterocycles. The van der Waals surface area contributed by atoms with Crippen LogP contribution in [0.2, 0.25) is 0 Å². The fourth-order valence-electron chi connectivity index (χ4n) is 4.25. The lowest BCUT2D eigenvalue weighted by molar-refractivity contribution is -0.146. The molecule has 2 aliphatic rings. The largest absolute Gasteiger partial charge is 0.488 e. The summed E-state index contributed by atoms with van der Waals surface area (Å²) >= 11 is 0. The molecular weight excluding hydrogens is 424 g/mol. The number of piperidine rings is 1. The molecular formula is C24H28N4O5. The number of nitrogens with one attached hydrogen (secondary N) is 1. The first-order valence-electron chi connectivity index (χ1n) is 11.1. The lowest BCUT2D eigenvalue weighted by atomic mass is 9.89. The number of anilines is 1. The van der Waals surface area contributed by atoms with Crippen LogP contribution in [0.25, 0.3) is 0 Å². The van der Waals surface area contributed by atoms with Crippen molar-refractivity contribution in [2.75, 3.05) is 25.1 Å². The molecule has 3 amide bonds. The number of ether oxygens (including phenoxy) is 2. The third kappa shape index (κ3) is 5.48. The molecule has 0 aliphatic carbocycles. The predicted octanol–water partition coefficient (Wildman–Crippen LogP) is 2.29. The average Bonchev–Trinajstić information content (AvgIpc) is 3.32. The summed E-state index contributed by atoms with van der Waals surface area (Å²) in [6, 6.07) is 8.88. The molecule has 0 saturated carbocycles. The monoisotopic (exact) mass is 452 g/mol. The van der Waals surface area contributed by atoms with E-state index in [9.17, 15) is 14.4 Å². The second-order valence-electron chi connectivity index (χ2n) is 8.61. The van der Waals surface area contributed by atoms with Crippen LogP contribution in [0.3, 0.4) is 0 Å². The summed E-state index contributed by atoms with van der Waals surface area (Å²) in [5, 5.41) is 2.54. The third-order valence-electron chi connectivity index (χ3n) is 6.01. The van der Waals surface area contributed by atoms with Gasteiger partial charge in [0.2, 0.25) is 5.91 Å². The van der Waals surface area contributed by atoms with Crippen molar-refractivity contribution in [3.8, 4) is 5.75 Å². The third-order valence-corrected chi connectivity index (χ3v) is 6.01. The summed E-state index contributed by atoms with van der Waals surface area (Å²) in [4.78, 5) is 42.7. The number of likely N-dealkylation sites (tertiary alicyclic amines) is 1. The van der Waals surface area contributed by atoms with E-state index in [-0.39, 0.29) is 29.3 Å². The van der Waals surface area contributed by atoms with E-state index in [1.165, 1.54) is 18.5 Å². The Morgan fingerprint density at radius 1 is 1.15 bits per heavy atom. The summed E-state index contributed by atoms with van der Waals surface area (Å²) in [7, 11) is 0. The second-order valence-corrected chi connectivity index (χ2v) is 8.61. The van der Waals surface area contributed by atoms with Crippen LogP contribution in [0.4, 0.5) is 5.69 Å². The Balaban J connectivity index is 1.47. The summed E-state index contributed by atoms with van der Waals surface area (Å²) in [6.07, 6.45) is 5.32. The van der Waals surface area contributed by atoms with E-state index in [2.05, 4.69) is 17.2 Å². The van der Waals surface area contributed by atoms with Gasteiger partial charge in [0.25, 0.3) is 0 Å². The topological polar surface area (TPSA) is 124 Å². The predicted molar refractivity (Wildman–Crippen MR) is 121 cm³/mol. The molecule has 0 radical (unpaired) electrons. The number of nitrogens with two attached hydrogens (primary N) is 1. The number of nitrogens with zero attached hydrogens (tertiary/aromatic N) is 2. The highest BCUT2D eigenvalue weighted by molar-refractivity contribution is 6.39. The second kappa shape index (κ2) is 9.99. The molecule has 9 nitrogen and oxygen atoms in total. The van der Waals surface area contributed by atoms with Crippen LogP contribution < -0.4 is 15.8 Å². The Bertz CT molecular complexity index is 1020. The van der Waals surface area contributed by atoms with E-state index in [1.54, 1.807) is 4.90 Å². The average molecular weight is 453 g/mol. The van der Waals surface area contributed by atoms with E-state index < -0.39 is 17.7 Å². The van der Waals surface area contributed by atoms with E-state index in [4.69, 9.17) is 15.2 Å². The molecule has 174 valence electrons. The zero-order chi connectivity index (χ0) is 23.4. The molecule has 4 rings (SSSR count). The van der Waals surface area contributed by atoms with Gasteiger partial charge >= 0.3 is 11.8 Å².